The van der Waals surface area contributed by atoms with E-state index in [1.54, 1.807) is 0 Å². The van der Waals surface area contributed by atoms with Gasteiger partial charge in [-0.1, -0.05) is 259 Å². The molecule has 1 atom stereocenters. The van der Waals surface area contributed by atoms with Crippen LogP contribution in [0.25, 0.3) is 0 Å². The average molecular weight is 849 g/mol. The highest BCUT2D eigenvalue weighted by molar-refractivity contribution is 5.71. The van der Waals surface area contributed by atoms with Gasteiger partial charge in [0.2, 0.25) is 0 Å². The number of carbonyl (C=O) groups is 3. The minimum atomic E-state index is -0.761. The third kappa shape index (κ3) is 47.5. The van der Waals surface area contributed by atoms with Gasteiger partial charge in [0.05, 0.1) is 0 Å². The molecule has 0 aromatic rings. The molecule has 0 saturated carbocycles. The summed E-state index contributed by atoms with van der Waals surface area (Å²) >= 11 is 0. The molecule has 0 unspecified atom stereocenters. The molecule has 0 heterocycles. The summed E-state index contributed by atoms with van der Waals surface area (Å²) < 4.78 is 16.8. The van der Waals surface area contributed by atoms with Gasteiger partial charge < -0.3 is 14.2 Å². The standard InChI is InChI=1S/C54H104O6/c1-6-7-8-9-10-11-24-29-34-39-44-52(55)58-47-51(48-59-53(56)45-40-35-30-25-20-17-16-19-23-28-33-38-43-50(4)5)60-54(57)46-41-36-31-26-21-15-13-12-14-18-22-27-32-37-42-49(2)3/h49-51H,6-48H2,1-5H3/t51-/m1/s1. The number of esters is 3. The Hall–Kier alpha value is -1.59. The van der Waals surface area contributed by atoms with Crippen molar-refractivity contribution < 1.29 is 28.6 Å². The van der Waals surface area contributed by atoms with Crippen LogP contribution in [0.15, 0.2) is 0 Å². The third-order valence-electron chi connectivity index (χ3n) is 12.2. The van der Waals surface area contributed by atoms with Gasteiger partial charge >= 0.3 is 17.9 Å². The number of ether oxygens (including phenoxy) is 3. The van der Waals surface area contributed by atoms with Crippen LogP contribution in [0.2, 0.25) is 0 Å². The Kier molecular flexibility index (Phi) is 45.7. The van der Waals surface area contributed by atoms with Crippen molar-refractivity contribution in [2.75, 3.05) is 13.2 Å². The number of carbonyl (C=O) groups excluding carboxylic acids is 3. The summed E-state index contributed by atoms with van der Waals surface area (Å²) in [5, 5.41) is 0. The maximum absolute atomic E-state index is 12.8. The number of rotatable bonds is 48. The van der Waals surface area contributed by atoms with E-state index in [2.05, 4.69) is 34.6 Å². The lowest BCUT2D eigenvalue weighted by atomic mass is 10.0. The second-order valence-corrected chi connectivity index (χ2v) is 19.5. The second-order valence-electron chi connectivity index (χ2n) is 19.5. The van der Waals surface area contributed by atoms with Crippen LogP contribution in [-0.4, -0.2) is 37.2 Å². The van der Waals surface area contributed by atoms with Crippen LogP contribution in [0.4, 0.5) is 0 Å². The zero-order chi connectivity index (χ0) is 44.0. The smallest absolute Gasteiger partial charge is 0.306 e. The Morgan fingerprint density at radius 3 is 0.817 bits per heavy atom. The van der Waals surface area contributed by atoms with Crippen LogP contribution in [0.3, 0.4) is 0 Å². The zero-order valence-corrected chi connectivity index (χ0v) is 41.1. The SMILES string of the molecule is CCCCCCCCCCCCC(=O)OC[C@H](COC(=O)CCCCCCCCCCCCCCC(C)C)OC(=O)CCCCCCCCCCCCCCCCC(C)C. The first-order valence-corrected chi connectivity index (χ1v) is 26.7. The molecule has 0 aliphatic carbocycles. The molecule has 0 rings (SSSR count). The van der Waals surface area contributed by atoms with Crippen molar-refractivity contribution in [1.29, 1.82) is 0 Å². The topological polar surface area (TPSA) is 78.9 Å². The lowest BCUT2D eigenvalue weighted by molar-refractivity contribution is -0.167. The van der Waals surface area contributed by atoms with E-state index >= 15 is 0 Å². The van der Waals surface area contributed by atoms with Crippen LogP contribution in [0, 0.1) is 11.8 Å². The van der Waals surface area contributed by atoms with Crippen molar-refractivity contribution in [2.45, 2.75) is 304 Å². The summed E-state index contributed by atoms with van der Waals surface area (Å²) in [6.45, 7) is 11.4. The molecule has 0 aliphatic rings. The molecule has 0 saturated heterocycles. The van der Waals surface area contributed by atoms with Gasteiger partial charge in [0.25, 0.3) is 0 Å². The van der Waals surface area contributed by atoms with Crippen LogP contribution >= 0.6 is 0 Å². The van der Waals surface area contributed by atoms with Crippen molar-refractivity contribution in [3.63, 3.8) is 0 Å². The summed E-state index contributed by atoms with van der Waals surface area (Å²) in [6, 6.07) is 0. The molecule has 0 spiro atoms. The molecule has 60 heavy (non-hydrogen) atoms. The normalized spacial score (nSPS) is 12.1. The average Bonchev–Trinajstić information content (AvgIpc) is 3.22. The van der Waals surface area contributed by atoms with Gasteiger partial charge in [-0.25, -0.2) is 0 Å². The lowest BCUT2D eigenvalue weighted by Crippen LogP contribution is -2.30. The molecule has 0 amide bonds. The van der Waals surface area contributed by atoms with Crippen molar-refractivity contribution in [3.05, 3.63) is 0 Å². The van der Waals surface area contributed by atoms with Gasteiger partial charge in [0, 0.05) is 19.3 Å². The Balaban J connectivity index is 4.28. The maximum atomic E-state index is 12.8. The highest BCUT2D eigenvalue weighted by Crippen LogP contribution is 2.18. The van der Waals surface area contributed by atoms with E-state index in [9.17, 15) is 14.4 Å². The highest BCUT2D eigenvalue weighted by Gasteiger charge is 2.19. The van der Waals surface area contributed by atoms with E-state index in [0.29, 0.717) is 19.3 Å². The Bertz CT molecular complexity index is 916. The van der Waals surface area contributed by atoms with Crippen molar-refractivity contribution >= 4 is 17.9 Å². The van der Waals surface area contributed by atoms with Crippen LogP contribution in [0.5, 0.6) is 0 Å². The molecule has 0 aliphatic heterocycles. The Morgan fingerprint density at radius 2 is 0.550 bits per heavy atom. The fourth-order valence-electron chi connectivity index (χ4n) is 8.17. The molecule has 0 aromatic carbocycles. The van der Waals surface area contributed by atoms with Gasteiger partial charge in [0.1, 0.15) is 13.2 Å². The zero-order valence-electron chi connectivity index (χ0n) is 41.1. The molecule has 6 nitrogen and oxygen atoms in total. The maximum Gasteiger partial charge on any atom is 0.306 e. The molecular formula is C54H104O6. The van der Waals surface area contributed by atoms with Gasteiger partial charge in [-0.15, -0.1) is 0 Å². The molecule has 0 bridgehead atoms. The number of hydrogen-bond acceptors (Lipinski definition) is 6. The van der Waals surface area contributed by atoms with Crippen molar-refractivity contribution in [2.24, 2.45) is 11.8 Å². The second kappa shape index (κ2) is 46.9. The van der Waals surface area contributed by atoms with Gasteiger partial charge in [-0.3, -0.25) is 14.4 Å². The molecule has 6 heteroatoms. The van der Waals surface area contributed by atoms with Gasteiger partial charge in [-0.2, -0.15) is 0 Å². The first-order valence-electron chi connectivity index (χ1n) is 26.7. The Morgan fingerprint density at radius 1 is 0.317 bits per heavy atom. The largest absolute Gasteiger partial charge is 0.462 e. The fourth-order valence-corrected chi connectivity index (χ4v) is 8.17. The summed E-state index contributed by atoms with van der Waals surface area (Å²) in [5.74, 6) is 0.831. The van der Waals surface area contributed by atoms with E-state index in [4.69, 9.17) is 14.2 Å². The van der Waals surface area contributed by atoms with E-state index in [0.717, 1.165) is 69.6 Å². The molecular weight excluding hydrogens is 745 g/mol. The summed E-state index contributed by atoms with van der Waals surface area (Å²) in [4.78, 5) is 37.9. The third-order valence-corrected chi connectivity index (χ3v) is 12.2. The first-order chi connectivity index (χ1) is 29.2. The monoisotopic (exact) mass is 849 g/mol. The number of unbranched alkanes of at least 4 members (excludes halogenated alkanes) is 33. The van der Waals surface area contributed by atoms with Crippen LogP contribution in [0.1, 0.15) is 298 Å². The Labute approximate surface area is 374 Å². The molecule has 0 aromatic heterocycles. The summed E-state index contributed by atoms with van der Waals surface area (Å²) in [6.07, 6.45) is 48.0. The van der Waals surface area contributed by atoms with E-state index in [-0.39, 0.29) is 31.1 Å². The fraction of sp³-hybridized carbons (Fsp3) is 0.944. The minimum absolute atomic E-state index is 0.0634. The van der Waals surface area contributed by atoms with Gasteiger partial charge in [0.15, 0.2) is 6.10 Å². The minimum Gasteiger partial charge on any atom is -0.462 e. The van der Waals surface area contributed by atoms with E-state index in [1.807, 2.05) is 0 Å². The van der Waals surface area contributed by atoms with Crippen molar-refractivity contribution in [1.82, 2.24) is 0 Å². The first kappa shape index (κ1) is 58.4. The number of hydrogen-bond donors (Lipinski definition) is 0. The molecule has 0 radical (unpaired) electrons. The van der Waals surface area contributed by atoms with Crippen molar-refractivity contribution in [3.8, 4) is 0 Å². The molecule has 0 fully saturated rings. The molecule has 356 valence electrons. The van der Waals surface area contributed by atoms with Crippen LogP contribution in [-0.2, 0) is 28.6 Å². The summed E-state index contributed by atoms with van der Waals surface area (Å²) in [5.41, 5.74) is 0. The van der Waals surface area contributed by atoms with Gasteiger partial charge in [-0.05, 0) is 31.1 Å². The van der Waals surface area contributed by atoms with E-state index in [1.165, 1.54) is 186 Å². The molecule has 0 N–H and O–H groups in total. The van der Waals surface area contributed by atoms with Crippen LogP contribution < -0.4 is 0 Å². The summed E-state index contributed by atoms with van der Waals surface area (Å²) in [7, 11) is 0. The highest BCUT2D eigenvalue weighted by atomic mass is 16.6. The quantitative estimate of drug-likeness (QED) is 0.0345. The predicted octanol–water partition coefficient (Wildman–Crippen LogP) is 17.3. The van der Waals surface area contributed by atoms with E-state index < -0.39 is 6.10 Å². The lowest BCUT2D eigenvalue weighted by Gasteiger charge is -2.18. The predicted molar refractivity (Wildman–Crippen MR) is 256 cm³/mol.